The number of aliphatic hydroxyl groups is 1. The molecule has 0 radical (unpaired) electrons. The lowest BCUT2D eigenvalue weighted by atomic mass is 9.61. The van der Waals surface area contributed by atoms with Crippen molar-refractivity contribution in [1.82, 2.24) is 5.32 Å². The molecular weight excluding hydrogens is 250 g/mol. The van der Waals surface area contributed by atoms with Gasteiger partial charge < -0.3 is 15.2 Å². The van der Waals surface area contributed by atoms with E-state index in [2.05, 4.69) is 5.32 Å². The van der Waals surface area contributed by atoms with Gasteiger partial charge in [0, 0.05) is 24.3 Å². The molecule has 1 aromatic rings. The van der Waals surface area contributed by atoms with Gasteiger partial charge in [0.1, 0.15) is 11.4 Å². The first-order valence-corrected chi connectivity index (χ1v) is 7.97. The molecular formula is C17H23NO2. The molecule has 2 fully saturated rings. The summed E-state index contributed by atoms with van der Waals surface area (Å²) in [4.78, 5) is 0. The highest BCUT2D eigenvalue weighted by Crippen LogP contribution is 2.54. The van der Waals surface area contributed by atoms with E-state index >= 15 is 0 Å². The van der Waals surface area contributed by atoms with Gasteiger partial charge in [0.2, 0.25) is 0 Å². The maximum absolute atomic E-state index is 11.0. The normalized spacial score (nSPS) is 32.2. The van der Waals surface area contributed by atoms with E-state index in [1.54, 1.807) is 0 Å². The van der Waals surface area contributed by atoms with E-state index in [1.807, 2.05) is 24.3 Å². The topological polar surface area (TPSA) is 41.5 Å². The highest BCUT2D eigenvalue weighted by molar-refractivity contribution is 5.39. The molecule has 1 spiro atoms. The van der Waals surface area contributed by atoms with Gasteiger partial charge in [-0.2, -0.15) is 0 Å². The molecule has 0 amide bonds. The van der Waals surface area contributed by atoms with Crippen molar-refractivity contribution in [3.8, 4) is 5.75 Å². The van der Waals surface area contributed by atoms with E-state index in [0.717, 1.165) is 37.2 Å². The summed E-state index contributed by atoms with van der Waals surface area (Å²) in [5, 5.41) is 14.4. The monoisotopic (exact) mass is 273 g/mol. The summed E-state index contributed by atoms with van der Waals surface area (Å²) in [6, 6.07) is 8.05. The van der Waals surface area contributed by atoms with Crippen LogP contribution in [0.4, 0.5) is 0 Å². The Morgan fingerprint density at radius 2 is 1.90 bits per heavy atom. The molecule has 20 heavy (non-hydrogen) atoms. The Labute approximate surface area is 120 Å². The van der Waals surface area contributed by atoms with E-state index in [-0.39, 0.29) is 17.6 Å². The van der Waals surface area contributed by atoms with Crippen molar-refractivity contribution in [3.05, 3.63) is 29.8 Å². The molecule has 1 saturated heterocycles. The first kappa shape index (κ1) is 12.7. The molecule has 1 unspecified atom stereocenters. The fourth-order valence-electron chi connectivity index (χ4n) is 4.36. The van der Waals surface area contributed by atoms with Crippen LogP contribution < -0.4 is 10.1 Å². The van der Waals surface area contributed by atoms with Gasteiger partial charge in [0.25, 0.3) is 0 Å². The first-order valence-electron chi connectivity index (χ1n) is 7.97. The van der Waals surface area contributed by atoms with Gasteiger partial charge in [0.05, 0.1) is 6.10 Å². The number of hydrogen-bond acceptors (Lipinski definition) is 3. The third-order valence-electron chi connectivity index (χ3n) is 5.61. The number of hydrogen-bond donors (Lipinski definition) is 2. The second-order valence-electron chi connectivity index (χ2n) is 6.62. The molecule has 0 aromatic heterocycles. The van der Waals surface area contributed by atoms with E-state index in [1.165, 1.54) is 19.3 Å². The third kappa shape index (κ3) is 1.80. The Balaban J connectivity index is 1.76. The quantitative estimate of drug-likeness (QED) is 0.826. The summed E-state index contributed by atoms with van der Waals surface area (Å²) in [7, 11) is 0. The van der Waals surface area contributed by atoms with Gasteiger partial charge >= 0.3 is 0 Å². The molecule has 1 aromatic carbocycles. The number of aliphatic hydroxyl groups excluding tert-OH is 1. The Hall–Kier alpha value is -1.06. The van der Waals surface area contributed by atoms with Gasteiger partial charge in [-0.15, -0.1) is 0 Å². The van der Waals surface area contributed by atoms with Gasteiger partial charge in [0.15, 0.2) is 0 Å². The van der Waals surface area contributed by atoms with E-state index < -0.39 is 0 Å². The molecule has 0 bridgehead atoms. The maximum atomic E-state index is 11.0. The van der Waals surface area contributed by atoms with E-state index in [4.69, 9.17) is 4.74 Å². The zero-order valence-electron chi connectivity index (χ0n) is 11.8. The highest BCUT2D eigenvalue weighted by Gasteiger charge is 2.53. The Morgan fingerprint density at radius 1 is 1.15 bits per heavy atom. The molecule has 108 valence electrons. The number of piperidine rings is 1. The molecule has 2 aliphatic heterocycles. The van der Waals surface area contributed by atoms with Crippen molar-refractivity contribution in [2.45, 2.75) is 43.8 Å². The maximum Gasteiger partial charge on any atom is 0.125 e. The second kappa shape index (κ2) is 4.74. The summed E-state index contributed by atoms with van der Waals surface area (Å²) in [5.74, 6) is 1.81. The number of nitrogens with one attached hydrogen (secondary N) is 1. The number of para-hydroxylation sites is 1. The molecule has 3 aliphatic rings. The van der Waals surface area contributed by atoms with Crippen molar-refractivity contribution in [2.75, 3.05) is 13.1 Å². The van der Waals surface area contributed by atoms with Crippen LogP contribution in [0, 0.1) is 11.8 Å². The third-order valence-corrected chi connectivity index (χ3v) is 5.61. The minimum absolute atomic E-state index is 0.149. The lowest BCUT2D eigenvalue weighted by molar-refractivity contribution is -0.128. The van der Waals surface area contributed by atoms with Gasteiger partial charge in [-0.3, -0.25) is 0 Å². The molecule has 1 aliphatic carbocycles. The molecule has 3 nitrogen and oxygen atoms in total. The fraction of sp³-hybridized carbons (Fsp3) is 0.647. The summed E-state index contributed by atoms with van der Waals surface area (Å²) < 4.78 is 6.50. The molecule has 2 atom stereocenters. The summed E-state index contributed by atoms with van der Waals surface area (Å²) in [6.07, 6.45) is 5.48. The molecule has 1 saturated carbocycles. The van der Waals surface area contributed by atoms with Crippen LogP contribution in [0.5, 0.6) is 5.75 Å². The van der Waals surface area contributed by atoms with Crippen molar-refractivity contribution in [3.63, 3.8) is 0 Å². The zero-order valence-corrected chi connectivity index (χ0v) is 11.8. The van der Waals surface area contributed by atoms with Crippen LogP contribution in [0.2, 0.25) is 0 Å². The van der Waals surface area contributed by atoms with E-state index in [0.29, 0.717) is 5.92 Å². The number of rotatable bonds is 1. The fourth-order valence-corrected chi connectivity index (χ4v) is 4.36. The molecule has 2 N–H and O–H groups in total. The Morgan fingerprint density at radius 3 is 2.60 bits per heavy atom. The van der Waals surface area contributed by atoms with Crippen LogP contribution in [0.3, 0.4) is 0 Å². The number of fused-ring (bicyclic) bond motifs is 1. The van der Waals surface area contributed by atoms with E-state index in [9.17, 15) is 5.11 Å². The minimum atomic E-state index is -0.358. The number of ether oxygens (including phenoxy) is 1. The predicted molar refractivity (Wildman–Crippen MR) is 77.7 cm³/mol. The predicted octanol–water partition coefficient (Wildman–Crippen LogP) is 2.65. The van der Waals surface area contributed by atoms with Crippen LogP contribution >= 0.6 is 0 Å². The van der Waals surface area contributed by atoms with Gasteiger partial charge in [-0.05, 0) is 37.9 Å². The highest BCUT2D eigenvalue weighted by atomic mass is 16.5. The van der Waals surface area contributed by atoms with Crippen molar-refractivity contribution in [2.24, 2.45) is 11.8 Å². The first-order chi connectivity index (χ1) is 9.80. The van der Waals surface area contributed by atoms with Crippen molar-refractivity contribution >= 4 is 0 Å². The van der Waals surface area contributed by atoms with Crippen LogP contribution in [0.1, 0.15) is 43.8 Å². The summed E-state index contributed by atoms with van der Waals surface area (Å²) in [6.45, 7) is 2.00. The van der Waals surface area contributed by atoms with Gasteiger partial charge in [-0.1, -0.05) is 24.6 Å². The average Bonchev–Trinajstić information content (AvgIpc) is 2.42. The Kier molecular flexibility index (Phi) is 3.00. The summed E-state index contributed by atoms with van der Waals surface area (Å²) in [5.41, 5.74) is 0.845. The van der Waals surface area contributed by atoms with Crippen molar-refractivity contribution < 1.29 is 9.84 Å². The SMILES string of the molecule is O[C@H]1c2ccccc2OC2(CCNCC2)C1C1CCC1. The lowest BCUT2D eigenvalue weighted by Crippen LogP contribution is -2.58. The van der Waals surface area contributed by atoms with Crippen molar-refractivity contribution in [1.29, 1.82) is 0 Å². The van der Waals surface area contributed by atoms with Crippen LogP contribution in [0.15, 0.2) is 24.3 Å². The summed E-state index contributed by atoms with van der Waals surface area (Å²) >= 11 is 0. The largest absolute Gasteiger partial charge is 0.486 e. The standard InChI is InChI=1S/C17H23NO2/c19-16-13-6-1-2-7-14(13)20-17(8-10-18-11-9-17)15(16)12-4-3-5-12/h1-2,6-7,12,15-16,18-19H,3-5,8-11H2/t15?,16-/m0/s1. The average molecular weight is 273 g/mol. The van der Waals surface area contributed by atoms with Gasteiger partial charge in [-0.25, -0.2) is 0 Å². The zero-order chi connectivity index (χ0) is 13.6. The molecule has 4 rings (SSSR count). The second-order valence-corrected chi connectivity index (χ2v) is 6.62. The minimum Gasteiger partial charge on any atom is -0.486 e. The smallest absolute Gasteiger partial charge is 0.125 e. The van der Waals surface area contributed by atoms with Crippen LogP contribution in [-0.2, 0) is 0 Å². The van der Waals surface area contributed by atoms with Crippen LogP contribution in [0.25, 0.3) is 0 Å². The van der Waals surface area contributed by atoms with Crippen LogP contribution in [-0.4, -0.2) is 23.8 Å². The molecule has 2 heterocycles. The number of benzene rings is 1. The Bertz CT molecular complexity index is 492. The molecule has 3 heteroatoms. The lowest BCUT2D eigenvalue weighted by Gasteiger charge is -2.53.